The predicted octanol–water partition coefficient (Wildman–Crippen LogP) is 2.67. The second-order valence-electron chi connectivity index (χ2n) is 5.58. The van der Waals surface area contributed by atoms with Crippen LogP contribution in [0, 0.1) is 16.0 Å². The van der Waals surface area contributed by atoms with Crippen molar-refractivity contribution in [2.75, 3.05) is 6.61 Å². The molecule has 21 heavy (non-hydrogen) atoms. The Kier molecular flexibility index (Phi) is 5.14. The molecular formula is C15H20N2O4. The van der Waals surface area contributed by atoms with Gasteiger partial charge in [-0.1, -0.05) is 19.8 Å². The first-order chi connectivity index (χ1) is 10.0. The molecule has 2 rings (SSSR count). The Hall–Kier alpha value is -2.11. The van der Waals surface area contributed by atoms with Crippen LogP contribution in [0.2, 0.25) is 0 Å². The average molecular weight is 292 g/mol. The predicted molar refractivity (Wildman–Crippen MR) is 78.2 cm³/mol. The van der Waals surface area contributed by atoms with Crippen molar-refractivity contribution in [2.45, 2.75) is 38.6 Å². The number of carbonyl (C=O) groups excluding carboxylic acids is 1. The molecule has 1 aromatic carbocycles. The molecule has 6 heteroatoms. The van der Waals surface area contributed by atoms with Gasteiger partial charge in [0, 0.05) is 18.2 Å². The summed E-state index contributed by atoms with van der Waals surface area (Å²) in [6.45, 7) is 2.13. The summed E-state index contributed by atoms with van der Waals surface area (Å²) in [6, 6.07) is 5.94. The summed E-state index contributed by atoms with van der Waals surface area (Å²) in [5, 5.41) is 13.5. The number of hydrogen-bond donors (Lipinski definition) is 1. The number of amides is 1. The summed E-state index contributed by atoms with van der Waals surface area (Å²) < 4.78 is 5.34. The molecular weight excluding hydrogens is 272 g/mol. The number of nitrogens with one attached hydrogen (secondary N) is 1. The number of nitro groups is 1. The van der Waals surface area contributed by atoms with Gasteiger partial charge in [-0.15, -0.1) is 0 Å². The van der Waals surface area contributed by atoms with Crippen LogP contribution in [-0.4, -0.2) is 23.5 Å². The molecule has 1 saturated carbocycles. The number of hydrogen-bond acceptors (Lipinski definition) is 4. The number of ether oxygens (including phenoxy) is 1. The Labute approximate surface area is 123 Å². The fourth-order valence-electron chi connectivity index (χ4n) is 2.65. The van der Waals surface area contributed by atoms with Crippen LogP contribution in [0.1, 0.15) is 32.6 Å². The monoisotopic (exact) mass is 292 g/mol. The van der Waals surface area contributed by atoms with Crippen LogP contribution in [0.3, 0.4) is 0 Å². The van der Waals surface area contributed by atoms with Crippen LogP contribution in [0.15, 0.2) is 24.3 Å². The Balaban J connectivity index is 1.76. The van der Waals surface area contributed by atoms with Crippen LogP contribution >= 0.6 is 0 Å². The van der Waals surface area contributed by atoms with Crippen molar-refractivity contribution < 1.29 is 14.5 Å². The smallest absolute Gasteiger partial charge is 0.269 e. The van der Waals surface area contributed by atoms with Crippen LogP contribution in [0.5, 0.6) is 5.75 Å². The Morgan fingerprint density at radius 1 is 1.38 bits per heavy atom. The topological polar surface area (TPSA) is 81.5 Å². The molecule has 0 heterocycles. The standard InChI is InChI=1S/C15H20N2O4/c1-11-3-2-4-12(9-11)16-15(18)10-21-14-7-5-13(6-8-14)17(19)20/h5-8,11-12H,2-4,9-10H2,1H3,(H,16,18). The van der Waals surface area contributed by atoms with E-state index in [4.69, 9.17) is 4.74 Å². The highest BCUT2D eigenvalue weighted by molar-refractivity contribution is 5.77. The van der Waals surface area contributed by atoms with E-state index < -0.39 is 4.92 Å². The van der Waals surface area contributed by atoms with Gasteiger partial charge in [0.25, 0.3) is 11.6 Å². The number of carbonyl (C=O) groups is 1. The summed E-state index contributed by atoms with van der Waals surface area (Å²) in [4.78, 5) is 21.9. The summed E-state index contributed by atoms with van der Waals surface area (Å²) in [6.07, 6.45) is 4.41. The molecule has 1 aliphatic carbocycles. The molecule has 0 saturated heterocycles. The first-order valence-corrected chi connectivity index (χ1v) is 7.21. The lowest BCUT2D eigenvalue weighted by atomic mass is 9.87. The van der Waals surface area contributed by atoms with E-state index in [2.05, 4.69) is 12.2 Å². The van der Waals surface area contributed by atoms with Crippen LogP contribution in [-0.2, 0) is 4.79 Å². The van der Waals surface area contributed by atoms with Crippen molar-refractivity contribution in [1.29, 1.82) is 0 Å². The van der Waals surface area contributed by atoms with E-state index in [0.29, 0.717) is 11.7 Å². The summed E-state index contributed by atoms with van der Waals surface area (Å²) in [5.74, 6) is 0.958. The van der Waals surface area contributed by atoms with Gasteiger partial charge >= 0.3 is 0 Å². The van der Waals surface area contributed by atoms with Gasteiger partial charge in [0.15, 0.2) is 6.61 Å². The maximum Gasteiger partial charge on any atom is 0.269 e. The molecule has 1 aromatic rings. The maximum atomic E-state index is 11.8. The van der Waals surface area contributed by atoms with Gasteiger partial charge in [-0.2, -0.15) is 0 Å². The maximum absolute atomic E-state index is 11.8. The van der Waals surface area contributed by atoms with Gasteiger partial charge in [0.2, 0.25) is 0 Å². The van der Waals surface area contributed by atoms with E-state index in [1.54, 1.807) is 0 Å². The molecule has 0 bridgehead atoms. The van der Waals surface area contributed by atoms with Crippen molar-refractivity contribution in [1.82, 2.24) is 5.32 Å². The highest BCUT2D eigenvalue weighted by Crippen LogP contribution is 2.23. The van der Waals surface area contributed by atoms with Crippen molar-refractivity contribution in [3.05, 3.63) is 34.4 Å². The van der Waals surface area contributed by atoms with E-state index in [-0.39, 0.29) is 24.2 Å². The normalized spacial score (nSPS) is 21.6. The van der Waals surface area contributed by atoms with Gasteiger partial charge in [-0.05, 0) is 30.9 Å². The minimum Gasteiger partial charge on any atom is -0.484 e. The zero-order valence-electron chi connectivity index (χ0n) is 12.1. The summed E-state index contributed by atoms with van der Waals surface area (Å²) in [5.41, 5.74) is 0.00277. The van der Waals surface area contributed by atoms with Crippen molar-refractivity contribution in [3.8, 4) is 5.75 Å². The SMILES string of the molecule is CC1CCCC(NC(=O)COc2ccc([N+](=O)[O-])cc2)C1. The summed E-state index contributed by atoms with van der Waals surface area (Å²) >= 11 is 0. The van der Waals surface area contributed by atoms with E-state index in [1.807, 2.05) is 0 Å². The highest BCUT2D eigenvalue weighted by Gasteiger charge is 2.20. The van der Waals surface area contributed by atoms with E-state index in [9.17, 15) is 14.9 Å². The Morgan fingerprint density at radius 2 is 2.10 bits per heavy atom. The van der Waals surface area contributed by atoms with E-state index in [0.717, 1.165) is 19.3 Å². The Morgan fingerprint density at radius 3 is 2.71 bits per heavy atom. The number of non-ortho nitro benzene ring substituents is 1. The van der Waals surface area contributed by atoms with Gasteiger partial charge < -0.3 is 10.1 Å². The molecule has 1 amide bonds. The summed E-state index contributed by atoms with van der Waals surface area (Å²) in [7, 11) is 0. The first-order valence-electron chi connectivity index (χ1n) is 7.21. The molecule has 2 unspecified atom stereocenters. The number of nitro benzene ring substituents is 1. The first kappa shape index (κ1) is 15.3. The molecule has 0 radical (unpaired) electrons. The number of benzene rings is 1. The van der Waals surface area contributed by atoms with Crippen LogP contribution < -0.4 is 10.1 Å². The number of rotatable bonds is 5. The second-order valence-corrected chi connectivity index (χ2v) is 5.58. The van der Waals surface area contributed by atoms with Crippen molar-refractivity contribution in [3.63, 3.8) is 0 Å². The molecule has 1 aliphatic rings. The number of nitrogens with zero attached hydrogens (tertiary/aromatic N) is 1. The van der Waals surface area contributed by atoms with Gasteiger partial charge in [-0.3, -0.25) is 14.9 Å². The zero-order chi connectivity index (χ0) is 15.2. The molecule has 1 N–H and O–H groups in total. The fraction of sp³-hybridized carbons (Fsp3) is 0.533. The van der Waals surface area contributed by atoms with Gasteiger partial charge in [0.05, 0.1) is 4.92 Å². The molecule has 0 aromatic heterocycles. The van der Waals surface area contributed by atoms with Crippen LogP contribution in [0.25, 0.3) is 0 Å². The van der Waals surface area contributed by atoms with Gasteiger partial charge in [-0.25, -0.2) is 0 Å². The zero-order valence-corrected chi connectivity index (χ0v) is 12.1. The van der Waals surface area contributed by atoms with Crippen LogP contribution in [0.4, 0.5) is 5.69 Å². The molecule has 1 fully saturated rings. The third-order valence-electron chi connectivity index (χ3n) is 3.72. The van der Waals surface area contributed by atoms with E-state index in [1.165, 1.54) is 30.7 Å². The second kappa shape index (κ2) is 7.06. The molecule has 114 valence electrons. The third-order valence-corrected chi connectivity index (χ3v) is 3.72. The molecule has 6 nitrogen and oxygen atoms in total. The minimum absolute atomic E-state index is 0.00277. The van der Waals surface area contributed by atoms with E-state index >= 15 is 0 Å². The largest absolute Gasteiger partial charge is 0.484 e. The third kappa shape index (κ3) is 4.73. The highest BCUT2D eigenvalue weighted by atomic mass is 16.6. The fourth-order valence-corrected chi connectivity index (χ4v) is 2.65. The quantitative estimate of drug-likeness (QED) is 0.668. The van der Waals surface area contributed by atoms with Crippen molar-refractivity contribution in [2.24, 2.45) is 5.92 Å². The molecule has 0 aliphatic heterocycles. The lowest BCUT2D eigenvalue weighted by Gasteiger charge is -2.27. The minimum atomic E-state index is -0.471. The Bertz CT molecular complexity index is 501. The average Bonchev–Trinajstić information content (AvgIpc) is 2.45. The lowest BCUT2D eigenvalue weighted by Crippen LogP contribution is -2.40. The lowest BCUT2D eigenvalue weighted by molar-refractivity contribution is -0.384. The van der Waals surface area contributed by atoms with Crippen molar-refractivity contribution >= 4 is 11.6 Å². The molecule has 2 atom stereocenters. The molecule has 0 spiro atoms. The van der Waals surface area contributed by atoms with Gasteiger partial charge in [0.1, 0.15) is 5.75 Å².